The summed E-state index contributed by atoms with van der Waals surface area (Å²) in [7, 11) is -4.11. The standard InChI is InChI=1S/C16H18FNO3S/c1-12-8-9-15(14(17)10-12)22(20,21)18-16(2,11-19)13-6-4-3-5-7-13/h3-10,18-19H,11H2,1-2H3. The molecule has 2 rings (SSSR count). The van der Waals surface area contributed by atoms with Crippen molar-refractivity contribution in [2.75, 3.05) is 6.61 Å². The molecule has 4 nitrogen and oxygen atoms in total. The van der Waals surface area contributed by atoms with E-state index in [1.807, 2.05) is 0 Å². The lowest BCUT2D eigenvalue weighted by molar-refractivity contribution is 0.196. The van der Waals surface area contributed by atoms with Gasteiger partial charge in [0.15, 0.2) is 0 Å². The SMILES string of the molecule is Cc1ccc(S(=O)(=O)NC(C)(CO)c2ccccc2)c(F)c1. The molecule has 1 unspecified atom stereocenters. The van der Waals surface area contributed by atoms with Gasteiger partial charge in [0.1, 0.15) is 10.7 Å². The minimum absolute atomic E-state index is 0.436. The summed E-state index contributed by atoms with van der Waals surface area (Å²) in [5.74, 6) is -0.819. The van der Waals surface area contributed by atoms with Gasteiger partial charge in [-0.25, -0.2) is 12.8 Å². The van der Waals surface area contributed by atoms with Crippen LogP contribution in [0.5, 0.6) is 0 Å². The molecule has 118 valence electrons. The van der Waals surface area contributed by atoms with Crippen LogP contribution < -0.4 is 4.72 Å². The molecular formula is C16H18FNO3S. The van der Waals surface area contributed by atoms with Crippen LogP contribution in [0.3, 0.4) is 0 Å². The highest BCUT2D eigenvalue weighted by Crippen LogP contribution is 2.24. The fraction of sp³-hybridized carbons (Fsp3) is 0.250. The van der Waals surface area contributed by atoms with E-state index in [0.29, 0.717) is 11.1 Å². The Hall–Kier alpha value is -1.76. The van der Waals surface area contributed by atoms with Crippen molar-refractivity contribution < 1.29 is 17.9 Å². The van der Waals surface area contributed by atoms with Crippen molar-refractivity contribution in [1.29, 1.82) is 0 Å². The molecule has 2 aromatic rings. The van der Waals surface area contributed by atoms with Crippen LogP contribution in [0.2, 0.25) is 0 Å². The predicted octanol–water partition coefficient (Wildman–Crippen LogP) is 2.32. The first-order valence-electron chi connectivity index (χ1n) is 6.75. The van der Waals surface area contributed by atoms with Gasteiger partial charge >= 0.3 is 0 Å². The van der Waals surface area contributed by atoms with Crippen molar-refractivity contribution >= 4 is 10.0 Å². The summed E-state index contributed by atoms with van der Waals surface area (Å²) in [5, 5.41) is 9.64. The third-order valence-corrected chi connectivity index (χ3v) is 5.09. The van der Waals surface area contributed by atoms with Crippen molar-refractivity contribution in [1.82, 2.24) is 4.72 Å². The second-order valence-corrected chi connectivity index (χ2v) is 7.05. The fourth-order valence-corrected chi connectivity index (χ4v) is 3.61. The van der Waals surface area contributed by atoms with Gasteiger partial charge in [0.25, 0.3) is 0 Å². The number of aliphatic hydroxyl groups excluding tert-OH is 1. The number of hydrogen-bond donors (Lipinski definition) is 2. The average Bonchev–Trinajstić information content (AvgIpc) is 2.47. The van der Waals surface area contributed by atoms with Crippen LogP contribution >= 0.6 is 0 Å². The fourth-order valence-electron chi connectivity index (χ4n) is 2.16. The molecule has 0 spiro atoms. The molecule has 0 aliphatic rings. The van der Waals surface area contributed by atoms with Gasteiger partial charge in [-0.1, -0.05) is 36.4 Å². The summed E-state index contributed by atoms with van der Waals surface area (Å²) in [6.07, 6.45) is 0. The molecule has 0 aliphatic carbocycles. The molecule has 0 aromatic heterocycles. The second kappa shape index (κ2) is 6.16. The topological polar surface area (TPSA) is 66.4 Å². The lowest BCUT2D eigenvalue weighted by Crippen LogP contribution is -2.46. The van der Waals surface area contributed by atoms with E-state index in [2.05, 4.69) is 4.72 Å². The van der Waals surface area contributed by atoms with Crippen molar-refractivity contribution in [3.05, 3.63) is 65.5 Å². The van der Waals surface area contributed by atoms with Crippen LogP contribution in [0, 0.1) is 12.7 Å². The maximum atomic E-state index is 13.9. The molecule has 0 saturated heterocycles. The molecule has 0 fully saturated rings. The smallest absolute Gasteiger partial charge is 0.244 e. The number of halogens is 1. The van der Waals surface area contributed by atoms with E-state index in [9.17, 15) is 17.9 Å². The summed E-state index contributed by atoms with van der Waals surface area (Å²) >= 11 is 0. The highest BCUT2D eigenvalue weighted by Gasteiger charge is 2.33. The summed E-state index contributed by atoms with van der Waals surface area (Å²) in [6.45, 7) is 2.77. The maximum absolute atomic E-state index is 13.9. The van der Waals surface area contributed by atoms with Gasteiger partial charge in [-0.05, 0) is 37.1 Å². The van der Waals surface area contributed by atoms with Gasteiger partial charge in [-0.3, -0.25) is 0 Å². The predicted molar refractivity (Wildman–Crippen MR) is 82.3 cm³/mol. The summed E-state index contributed by atoms with van der Waals surface area (Å²) < 4.78 is 41.2. The van der Waals surface area contributed by atoms with Gasteiger partial charge in [0.2, 0.25) is 10.0 Å². The maximum Gasteiger partial charge on any atom is 0.244 e. The largest absolute Gasteiger partial charge is 0.394 e. The Morgan fingerprint density at radius 3 is 2.36 bits per heavy atom. The molecule has 6 heteroatoms. The Labute approximate surface area is 129 Å². The number of sulfonamides is 1. The van der Waals surface area contributed by atoms with Gasteiger partial charge in [-0.2, -0.15) is 4.72 Å². The second-order valence-electron chi connectivity index (χ2n) is 5.40. The molecule has 0 amide bonds. The number of aliphatic hydroxyl groups is 1. The van der Waals surface area contributed by atoms with Crippen LogP contribution in [0.25, 0.3) is 0 Å². The zero-order valence-electron chi connectivity index (χ0n) is 12.4. The first-order valence-corrected chi connectivity index (χ1v) is 8.23. The molecular weight excluding hydrogens is 305 g/mol. The van der Waals surface area contributed by atoms with Crippen LogP contribution in [-0.2, 0) is 15.6 Å². The molecule has 22 heavy (non-hydrogen) atoms. The quantitative estimate of drug-likeness (QED) is 0.887. The molecule has 0 radical (unpaired) electrons. The van der Waals surface area contributed by atoms with Crippen LogP contribution in [-0.4, -0.2) is 20.1 Å². The number of hydrogen-bond acceptors (Lipinski definition) is 3. The Morgan fingerprint density at radius 2 is 1.82 bits per heavy atom. The van der Waals surface area contributed by atoms with Gasteiger partial charge in [0, 0.05) is 0 Å². The summed E-state index contributed by atoms with van der Waals surface area (Å²) in [6, 6.07) is 12.6. The lowest BCUT2D eigenvalue weighted by Gasteiger charge is -2.29. The highest BCUT2D eigenvalue weighted by molar-refractivity contribution is 7.89. The molecule has 2 aromatic carbocycles. The van der Waals surface area contributed by atoms with Gasteiger partial charge in [-0.15, -0.1) is 0 Å². The summed E-state index contributed by atoms with van der Waals surface area (Å²) in [5.41, 5.74) is -0.0183. The van der Waals surface area contributed by atoms with Crippen LogP contribution in [0.15, 0.2) is 53.4 Å². The van der Waals surface area contributed by atoms with E-state index < -0.39 is 32.9 Å². The minimum atomic E-state index is -4.11. The van der Waals surface area contributed by atoms with Crippen molar-refractivity contribution in [2.45, 2.75) is 24.3 Å². The van der Waals surface area contributed by atoms with Crippen molar-refractivity contribution in [3.63, 3.8) is 0 Å². The van der Waals surface area contributed by atoms with E-state index in [0.717, 1.165) is 6.07 Å². The molecule has 0 heterocycles. The van der Waals surface area contributed by atoms with Crippen LogP contribution in [0.1, 0.15) is 18.1 Å². The Balaban J connectivity index is 2.42. The zero-order chi connectivity index (χ0) is 16.4. The highest BCUT2D eigenvalue weighted by atomic mass is 32.2. The van der Waals surface area contributed by atoms with E-state index in [1.54, 1.807) is 44.2 Å². The molecule has 0 aliphatic heterocycles. The number of aryl methyl sites for hydroxylation is 1. The normalized spacial score (nSPS) is 14.5. The van der Waals surface area contributed by atoms with E-state index in [-0.39, 0.29) is 0 Å². The minimum Gasteiger partial charge on any atom is -0.394 e. The lowest BCUT2D eigenvalue weighted by atomic mass is 9.94. The summed E-state index contributed by atoms with van der Waals surface area (Å²) in [4.78, 5) is -0.436. The Kier molecular flexibility index (Phi) is 4.65. The van der Waals surface area contributed by atoms with Crippen molar-refractivity contribution in [3.8, 4) is 0 Å². The van der Waals surface area contributed by atoms with E-state index in [4.69, 9.17) is 0 Å². The van der Waals surface area contributed by atoms with E-state index in [1.165, 1.54) is 12.1 Å². The molecule has 2 N–H and O–H groups in total. The van der Waals surface area contributed by atoms with Gasteiger partial charge < -0.3 is 5.11 Å². The van der Waals surface area contributed by atoms with Crippen LogP contribution in [0.4, 0.5) is 4.39 Å². The number of rotatable bonds is 5. The monoisotopic (exact) mass is 323 g/mol. The van der Waals surface area contributed by atoms with Crippen molar-refractivity contribution in [2.24, 2.45) is 0 Å². The Bertz CT molecular complexity index is 762. The van der Waals surface area contributed by atoms with Gasteiger partial charge in [0.05, 0.1) is 12.1 Å². The Morgan fingerprint density at radius 1 is 1.18 bits per heavy atom. The molecule has 0 saturated carbocycles. The zero-order valence-corrected chi connectivity index (χ0v) is 13.2. The molecule has 0 bridgehead atoms. The first-order chi connectivity index (χ1) is 10.3. The third-order valence-electron chi connectivity index (χ3n) is 3.46. The average molecular weight is 323 g/mol. The first kappa shape index (κ1) is 16.6. The third kappa shape index (κ3) is 3.35. The van der Waals surface area contributed by atoms with E-state index >= 15 is 0 Å². The molecule has 1 atom stereocenters. The number of nitrogens with one attached hydrogen (secondary N) is 1. The number of benzene rings is 2.